The molecule has 1 atom stereocenters. The maximum Gasteiger partial charge on any atom is 0.229 e. The zero-order valence-corrected chi connectivity index (χ0v) is 23.5. The maximum atomic E-state index is 12.6. The number of aromatic nitrogens is 3. The average molecular weight is 547 g/mol. The Morgan fingerprint density at radius 3 is 2.60 bits per heavy atom. The molecule has 3 aliphatic rings. The van der Waals surface area contributed by atoms with Gasteiger partial charge >= 0.3 is 0 Å². The van der Waals surface area contributed by atoms with Crippen molar-refractivity contribution in [1.82, 2.24) is 19.9 Å². The number of aliphatic hydroxyl groups excluding tert-OH is 1. The number of morpholine rings is 1. The van der Waals surface area contributed by atoms with E-state index in [1.54, 1.807) is 7.11 Å². The summed E-state index contributed by atoms with van der Waals surface area (Å²) in [6.45, 7) is 5.63. The van der Waals surface area contributed by atoms with E-state index in [2.05, 4.69) is 23.8 Å². The number of carbonyl (C=O) groups is 1. The molecule has 0 radical (unpaired) electrons. The molecule has 2 aromatic heterocycles. The van der Waals surface area contributed by atoms with E-state index in [1.165, 1.54) is 0 Å². The lowest BCUT2D eigenvalue weighted by molar-refractivity contribution is -0.133. The molecule has 1 saturated carbocycles. The lowest BCUT2D eigenvalue weighted by Gasteiger charge is -2.38. The molecule has 6 rings (SSSR count). The molecule has 10 nitrogen and oxygen atoms in total. The van der Waals surface area contributed by atoms with Gasteiger partial charge in [-0.25, -0.2) is 4.98 Å². The highest BCUT2D eigenvalue weighted by Crippen LogP contribution is 2.34. The summed E-state index contributed by atoms with van der Waals surface area (Å²) in [6.07, 6.45) is 3.87. The number of hydrogen-bond acceptors (Lipinski definition) is 9. The van der Waals surface area contributed by atoms with Crippen LogP contribution >= 0.6 is 0 Å². The molecule has 1 N–H and O–H groups in total. The summed E-state index contributed by atoms with van der Waals surface area (Å²) in [4.78, 5) is 34.1. The summed E-state index contributed by atoms with van der Waals surface area (Å²) in [5.41, 5.74) is 2.99. The van der Waals surface area contributed by atoms with E-state index < -0.39 is 0 Å². The van der Waals surface area contributed by atoms with Crippen molar-refractivity contribution in [2.24, 2.45) is 5.92 Å². The lowest BCUT2D eigenvalue weighted by Crippen LogP contribution is -2.47. The van der Waals surface area contributed by atoms with Gasteiger partial charge in [0.25, 0.3) is 0 Å². The molecule has 3 fully saturated rings. The number of methoxy groups -OCH3 is 1. The van der Waals surface area contributed by atoms with Gasteiger partial charge in [-0.3, -0.25) is 4.79 Å². The molecule has 1 aliphatic carbocycles. The van der Waals surface area contributed by atoms with E-state index in [0.717, 1.165) is 67.8 Å². The molecule has 0 spiro atoms. The van der Waals surface area contributed by atoms with Crippen LogP contribution in [-0.4, -0.2) is 90.0 Å². The molecule has 4 heterocycles. The fourth-order valence-corrected chi connectivity index (χ4v) is 5.85. The number of hydrogen-bond donors (Lipinski definition) is 1. The van der Waals surface area contributed by atoms with Crippen molar-refractivity contribution in [3.63, 3.8) is 0 Å². The number of ether oxygens (including phenoxy) is 2. The van der Waals surface area contributed by atoms with Crippen LogP contribution in [0.4, 0.5) is 11.8 Å². The van der Waals surface area contributed by atoms with Crippen LogP contribution < -0.4 is 14.5 Å². The molecule has 1 aromatic carbocycles. The van der Waals surface area contributed by atoms with Gasteiger partial charge < -0.3 is 29.3 Å². The zero-order chi connectivity index (χ0) is 27.8. The lowest BCUT2D eigenvalue weighted by atomic mass is 10.0. The number of anilines is 2. The Kier molecular flexibility index (Phi) is 7.46. The third kappa shape index (κ3) is 5.17. The van der Waals surface area contributed by atoms with Crippen LogP contribution in [0.15, 0.2) is 30.3 Å². The van der Waals surface area contributed by atoms with Gasteiger partial charge in [0, 0.05) is 49.8 Å². The largest absolute Gasteiger partial charge is 0.496 e. The summed E-state index contributed by atoms with van der Waals surface area (Å²) in [7, 11) is 3.65. The van der Waals surface area contributed by atoms with Crippen molar-refractivity contribution in [3.05, 3.63) is 35.9 Å². The predicted octanol–water partition coefficient (Wildman–Crippen LogP) is 3.26. The molecule has 2 aliphatic heterocycles. The first-order valence-corrected chi connectivity index (χ1v) is 14.3. The predicted molar refractivity (Wildman–Crippen MR) is 154 cm³/mol. The Hall–Kier alpha value is -3.50. The first-order valence-electron chi connectivity index (χ1n) is 14.3. The average Bonchev–Trinajstić information content (AvgIpc) is 3.85. The number of aliphatic hydroxyl groups is 1. The minimum Gasteiger partial charge on any atom is -0.496 e. The second kappa shape index (κ2) is 11.2. The monoisotopic (exact) mass is 546 g/mol. The molecular weight excluding hydrogens is 508 g/mol. The van der Waals surface area contributed by atoms with Crippen molar-refractivity contribution in [2.75, 3.05) is 56.8 Å². The first kappa shape index (κ1) is 26.7. The van der Waals surface area contributed by atoms with Crippen molar-refractivity contribution in [3.8, 4) is 17.0 Å². The molecule has 1 unspecified atom stereocenters. The van der Waals surface area contributed by atoms with E-state index in [0.29, 0.717) is 42.0 Å². The van der Waals surface area contributed by atoms with Crippen LogP contribution in [0, 0.1) is 5.92 Å². The first-order chi connectivity index (χ1) is 19.5. The van der Waals surface area contributed by atoms with E-state index in [-0.39, 0.29) is 24.6 Å². The van der Waals surface area contributed by atoms with Gasteiger partial charge in [-0.15, -0.1) is 0 Å². The van der Waals surface area contributed by atoms with E-state index in [9.17, 15) is 9.90 Å². The standard InChI is InChI=1S/C30H38N6O4/c1-19-18-40-15-14-36(19)28-24-7-8-25(21-6-9-26(39-3)22(16-21)17-37)31-27(24)32-30(33-28)34(2)23-10-12-35(13-11-23)29(38)20-4-5-20/h6-9,16,19-20,23,37H,4-5,10-15,17-18H2,1-3H3. The fourth-order valence-electron chi connectivity index (χ4n) is 5.85. The molecule has 1 amide bonds. The van der Waals surface area contributed by atoms with E-state index >= 15 is 0 Å². The minimum atomic E-state index is -0.119. The number of amides is 1. The van der Waals surface area contributed by atoms with E-state index in [4.69, 9.17) is 24.4 Å². The highest BCUT2D eigenvalue weighted by molar-refractivity contribution is 5.90. The van der Waals surface area contributed by atoms with Crippen LogP contribution in [0.5, 0.6) is 5.75 Å². The number of likely N-dealkylation sites (tertiary alicyclic amines) is 1. The third-order valence-corrected chi connectivity index (χ3v) is 8.48. The number of fused-ring (bicyclic) bond motifs is 1. The summed E-state index contributed by atoms with van der Waals surface area (Å²) in [5, 5.41) is 10.7. The Labute approximate surface area is 234 Å². The van der Waals surface area contributed by atoms with Gasteiger partial charge in [-0.2, -0.15) is 9.97 Å². The number of piperidine rings is 1. The Balaban J connectivity index is 1.35. The quantitative estimate of drug-likeness (QED) is 0.478. The second-order valence-corrected chi connectivity index (χ2v) is 11.2. The van der Waals surface area contributed by atoms with Crippen molar-refractivity contribution >= 4 is 28.7 Å². The number of pyridine rings is 1. The van der Waals surface area contributed by atoms with Crippen LogP contribution in [0.2, 0.25) is 0 Å². The van der Waals surface area contributed by atoms with Gasteiger partial charge in [0.1, 0.15) is 11.6 Å². The molecule has 0 bridgehead atoms. The van der Waals surface area contributed by atoms with Crippen LogP contribution in [0.1, 0.15) is 38.2 Å². The summed E-state index contributed by atoms with van der Waals surface area (Å²) >= 11 is 0. The number of nitrogens with zero attached hydrogens (tertiary/aromatic N) is 6. The smallest absolute Gasteiger partial charge is 0.229 e. The molecule has 40 heavy (non-hydrogen) atoms. The zero-order valence-electron chi connectivity index (χ0n) is 23.5. The number of rotatable bonds is 7. The molecular formula is C30H38N6O4. The maximum absolute atomic E-state index is 12.6. The Bertz CT molecular complexity index is 1390. The number of carbonyl (C=O) groups excluding carboxylic acids is 1. The van der Waals surface area contributed by atoms with Crippen LogP contribution in [-0.2, 0) is 16.1 Å². The highest BCUT2D eigenvalue weighted by Gasteiger charge is 2.36. The van der Waals surface area contributed by atoms with Gasteiger partial charge in [0.05, 0.1) is 44.1 Å². The minimum absolute atomic E-state index is 0.119. The highest BCUT2D eigenvalue weighted by atomic mass is 16.5. The molecule has 212 valence electrons. The van der Waals surface area contributed by atoms with Crippen LogP contribution in [0.25, 0.3) is 22.3 Å². The molecule has 10 heteroatoms. The summed E-state index contributed by atoms with van der Waals surface area (Å²) in [5.74, 6) is 2.74. The number of benzene rings is 1. The normalized spacial score (nSPS) is 20.1. The fraction of sp³-hybridized carbons (Fsp3) is 0.533. The Morgan fingerprint density at radius 2 is 1.90 bits per heavy atom. The van der Waals surface area contributed by atoms with Crippen molar-refractivity contribution in [2.45, 2.75) is 51.3 Å². The molecule has 2 saturated heterocycles. The summed E-state index contributed by atoms with van der Waals surface area (Å²) in [6, 6.07) is 10.2. The van der Waals surface area contributed by atoms with Gasteiger partial charge in [0.15, 0.2) is 5.65 Å². The van der Waals surface area contributed by atoms with Gasteiger partial charge in [-0.1, -0.05) is 0 Å². The van der Waals surface area contributed by atoms with E-state index in [1.807, 2.05) is 35.2 Å². The third-order valence-electron chi connectivity index (χ3n) is 8.48. The molecule has 3 aromatic rings. The summed E-state index contributed by atoms with van der Waals surface area (Å²) < 4.78 is 11.1. The Morgan fingerprint density at radius 1 is 1.10 bits per heavy atom. The van der Waals surface area contributed by atoms with Crippen molar-refractivity contribution < 1.29 is 19.4 Å². The second-order valence-electron chi connectivity index (χ2n) is 11.2. The van der Waals surface area contributed by atoms with Gasteiger partial charge in [0.2, 0.25) is 11.9 Å². The topological polar surface area (TPSA) is 104 Å². The van der Waals surface area contributed by atoms with Gasteiger partial charge in [-0.05, 0) is 62.9 Å². The SMILES string of the molecule is COc1ccc(-c2ccc3c(N4CCOCC4C)nc(N(C)C4CCN(C(=O)C5CC5)CC4)nc3n2)cc1CO. The van der Waals surface area contributed by atoms with Crippen molar-refractivity contribution in [1.29, 1.82) is 0 Å². The van der Waals surface area contributed by atoms with Crippen LogP contribution in [0.3, 0.4) is 0 Å².